The van der Waals surface area contributed by atoms with Crippen molar-refractivity contribution in [2.75, 3.05) is 18.9 Å². The molecule has 0 saturated carbocycles. The number of hydrogen-bond acceptors (Lipinski definition) is 3. The lowest BCUT2D eigenvalue weighted by Crippen LogP contribution is -2.39. The van der Waals surface area contributed by atoms with Crippen molar-refractivity contribution in [1.29, 1.82) is 5.26 Å². The lowest BCUT2D eigenvalue weighted by atomic mass is 10.2. The minimum absolute atomic E-state index is 0.0101. The predicted octanol–water partition coefficient (Wildman–Crippen LogP) is 2.46. The lowest BCUT2D eigenvalue weighted by Gasteiger charge is -2.22. The smallest absolute Gasteiger partial charge is 0.244 e. The number of likely N-dealkylation sites (N-methyl/N-ethyl adjacent to an activating group) is 1. The van der Waals surface area contributed by atoms with E-state index in [1.54, 1.807) is 11.9 Å². The van der Waals surface area contributed by atoms with Gasteiger partial charge in [0.05, 0.1) is 12.5 Å². The minimum atomic E-state index is -0.299. The zero-order valence-corrected chi connectivity index (χ0v) is 12.6. The maximum atomic E-state index is 12.0. The van der Waals surface area contributed by atoms with Crippen LogP contribution in [0.2, 0.25) is 0 Å². The second kappa shape index (κ2) is 7.21. The van der Waals surface area contributed by atoms with E-state index in [2.05, 4.69) is 27.9 Å². The Morgan fingerprint density at radius 2 is 2.33 bits per heavy atom. The van der Waals surface area contributed by atoms with E-state index in [1.807, 2.05) is 37.3 Å². The molecule has 1 unspecified atom stereocenters. The van der Waals surface area contributed by atoms with Gasteiger partial charge in [-0.1, -0.05) is 6.07 Å². The second-order valence-corrected chi connectivity index (χ2v) is 5.29. The number of benzene rings is 1. The zero-order valence-electron chi connectivity index (χ0n) is 10.5. The van der Waals surface area contributed by atoms with E-state index in [-0.39, 0.29) is 11.9 Å². The van der Waals surface area contributed by atoms with E-state index in [9.17, 15) is 4.79 Å². The largest absolute Gasteiger partial charge is 0.374 e. The van der Waals surface area contributed by atoms with Crippen LogP contribution in [0, 0.1) is 14.9 Å². The van der Waals surface area contributed by atoms with Crippen LogP contribution in [-0.4, -0.2) is 30.4 Å². The van der Waals surface area contributed by atoms with Gasteiger partial charge in [-0.2, -0.15) is 5.26 Å². The Bertz CT molecular complexity index is 456. The van der Waals surface area contributed by atoms with E-state index < -0.39 is 0 Å². The highest BCUT2D eigenvalue weighted by Gasteiger charge is 2.16. The molecule has 5 heteroatoms. The highest BCUT2D eigenvalue weighted by atomic mass is 127. The Labute approximate surface area is 121 Å². The predicted molar refractivity (Wildman–Crippen MR) is 80.1 cm³/mol. The topological polar surface area (TPSA) is 56.1 Å². The molecule has 96 valence electrons. The Kier molecular flexibility index (Phi) is 5.92. The summed E-state index contributed by atoms with van der Waals surface area (Å²) in [5.41, 5.74) is 0.927. The third-order valence-electron chi connectivity index (χ3n) is 2.51. The molecule has 0 radical (unpaired) electrons. The second-order valence-electron chi connectivity index (χ2n) is 4.04. The van der Waals surface area contributed by atoms with Crippen molar-refractivity contribution in [2.45, 2.75) is 19.4 Å². The van der Waals surface area contributed by atoms with Gasteiger partial charge in [0.15, 0.2) is 0 Å². The summed E-state index contributed by atoms with van der Waals surface area (Å²) in [6.45, 7) is 2.29. The minimum Gasteiger partial charge on any atom is -0.374 e. The first-order valence-corrected chi connectivity index (χ1v) is 6.76. The van der Waals surface area contributed by atoms with Gasteiger partial charge in [0, 0.05) is 22.8 Å². The summed E-state index contributed by atoms with van der Waals surface area (Å²) in [5, 5.41) is 11.7. The molecule has 1 aromatic carbocycles. The monoisotopic (exact) mass is 357 g/mol. The first-order valence-electron chi connectivity index (χ1n) is 5.68. The van der Waals surface area contributed by atoms with Gasteiger partial charge >= 0.3 is 0 Å². The number of nitriles is 1. The third kappa shape index (κ3) is 4.53. The van der Waals surface area contributed by atoms with Crippen molar-refractivity contribution in [1.82, 2.24) is 4.90 Å². The molecule has 0 saturated heterocycles. The number of nitrogens with zero attached hydrogens (tertiary/aromatic N) is 2. The summed E-state index contributed by atoms with van der Waals surface area (Å²) in [4.78, 5) is 13.6. The molecule has 4 nitrogen and oxygen atoms in total. The highest BCUT2D eigenvalue weighted by Crippen LogP contribution is 2.13. The molecule has 0 spiro atoms. The molecule has 0 fully saturated rings. The molecule has 0 aromatic heterocycles. The highest BCUT2D eigenvalue weighted by molar-refractivity contribution is 14.1. The Morgan fingerprint density at radius 3 is 2.94 bits per heavy atom. The van der Waals surface area contributed by atoms with Crippen molar-refractivity contribution in [3.8, 4) is 6.07 Å². The number of nitrogens with one attached hydrogen (secondary N) is 1. The number of halogens is 1. The number of anilines is 1. The molecule has 1 amide bonds. The van der Waals surface area contributed by atoms with Crippen molar-refractivity contribution in [2.24, 2.45) is 0 Å². The van der Waals surface area contributed by atoms with Crippen LogP contribution in [0.4, 0.5) is 5.69 Å². The van der Waals surface area contributed by atoms with Crippen molar-refractivity contribution >= 4 is 34.2 Å². The standard InChI is InChI=1S/C13H16IN3O/c1-10(13(18)17(2)8-4-7-15)16-12-6-3-5-11(14)9-12/h3,5-6,9-10,16H,4,8H2,1-2H3. The fourth-order valence-corrected chi connectivity index (χ4v) is 2.09. The summed E-state index contributed by atoms with van der Waals surface area (Å²) in [7, 11) is 1.71. The number of carbonyl (C=O) groups excluding carboxylic acids is 1. The molecule has 0 aliphatic heterocycles. The van der Waals surface area contributed by atoms with Gasteiger partial charge in [-0.15, -0.1) is 0 Å². The zero-order chi connectivity index (χ0) is 13.5. The van der Waals surface area contributed by atoms with Gasteiger partial charge < -0.3 is 10.2 Å². The number of hydrogen-bond donors (Lipinski definition) is 1. The molecule has 0 heterocycles. The van der Waals surface area contributed by atoms with Crippen LogP contribution in [0.5, 0.6) is 0 Å². The molecule has 1 atom stereocenters. The molecule has 1 N–H and O–H groups in total. The maximum Gasteiger partial charge on any atom is 0.244 e. The molecule has 18 heavy (non-hydrogen) atoms. The summed E-state index contributed by atoms with van der Waals surface area (Å²) in [6.07, 6.45) is 0.359. The molecular formula is C13H16IN3O. The Morgan fingerprint density at radius 1 is 1.61 bits per heavy atom. The Hall–Kier alpha value is -1.29. The normalized spacial score (nSPS) is 11.4. The molecule has 1 rings (SSSR count). The van der Waals surface area contributed by atoms with E-state index >= 15 is 0 Å². The number of rotatable bonds is 5. The molecule has 0 aliphatic carbocycles. The fraction of sp³-hybridized carbons (Fsp3) is 0.385. The van der Waals surface area contributed by atoms with Crippen molar-refractivity contribution in [3.63, 3.8) is 0 Å². The van der Waals surface area contributed by atoms with E-state index in [1.165, 1.54) is 0 Å². The van der Waals surface area contributed by atoms with Crippen LogP contribution >= 0.6 is 22.6 Å². The molecule has 0 bridgehead atoms. The van der Waals surface area contributed by atoms with E-state index in [0.717, 1.165) is 9.26 Å². The number of carbonyl (C=O) groups is 1. The third-order valence-corrected chi connectivity index (χ3v) is 3.18. The molecule has 0 aliphatic rings. The van der Waals surface area contributed by atoms with Gasteiger partial charge in [-0.05, 0) is 47.7 Å². The summed E-state index contributed by atoms with van der Waals surface area (Å²) < 4.78 is 1.12. The van der Waals surface area contributed by atoms with Gasteiger partial charge in [0.25, 0.3) is 0 Å². The average molecular weight is 357 g/mol. The van der Waals surface area contributed by atoms with Crippen LogP contribution in [0.3, 0.4) is 0 Å². The van der Waals surface area contributed by atoms with E-state index in [4.69, 9.17) is 5.26 Å². The molecular weight excluding hydrogens is 341 g/mol. The number of amides is 1. The van der Waals surface area contributed by atoms with Crippen LogP contribution in [-0.2, 0) is 4.79 Å². The Balaban J connectivity index is 2.57. The van der Waals surface area contributed by atoms with Gasteiger partial charge in [-0.3, -0.25) is 4.79 Å². The lowest BCUT2D eigenvalue weighted by molar-refractivity contribution is -0.130. The summed E-state index contributed by atoms with van der Waals surface area (Å²) >= 11 is 2.23. The summed E-state index contributed by atoms with van der Waals surface area (Å²) in [5.74, 6) is -0.0101. The molecule has 1 aromatic rings. The van der Waals surface area contributed by atoms with Gasteiger partial charge in [0.1, 0.15) is 6.04 Å². The first-order chi connectivity index (χ1) is 8.54. The first kappa shape index (κ1) is 14.8. The fourth-order valence-electron chi connectivity index (χ4n) is 1.55. The van der Waals surface area contributed by atoms with Crippen LogP contribution in [0.1, 0.15) is 13.3 Å². The van der Waals surface area contributed by atoms with Crippen LogP contribution < -0.4 is 5.32 Å². The quantitative estimate of drug-likeness (QED) is 0.824. The van der Waals surface area contributed by atoms with Crippen molar-refractivity contribution < 1.29 is 4.79 Å². The van der Waals surface area contributed by atoms with Crippen LogP contribution in [0.25, 0.3) is 0 Å². The SMILES string of the molecule is CC(Nc1cccc(I)c1)C(=O)N(C)CCC#N. The average Bonchev–Trinajstić information content (AvgIpc) is 2.35. The van der Waals surface area contributed by atoms with E-state index in [0.29, 0.717) is 13.0 Å². The maximum absolute atomic E-state index is 12.0. The van der Waals surface area contributed by atoms with Gasteiger partial charge in [-0.25, -0.2) is 0 Å². The van der Waals surface area contributed by atoms with Gasteiger partial charge in [0.2, 0.25) is 5.91 Å². The van der Waals surface area contributed by atoms with Crippen molar-refractivity contribution in [3.05, 3.63) is 27.8 Å². The van der Waals surface area contributed by atoms with Crippen LogP contribution in [0.15, 0.2) is 24.3 Å². The summed E-state index contributed by atoms with van der Waals surface area (Å²) in [6, 6.07) is 9.60.